The molecule has 4 aromatic rings. The molecule has 0 saturated carbocycles. The number of nitrogens with zero attached hydrogens (tertiary/aromatic N) is 3. The Labute approximate surface area is 148 Å². The zero-order chi connectivity index (χ0) is 17.9. The SMILES string of the molecule is COc1cc2ccccc2cc1C(=O)Nc1nnc(-c2cccnc2)o1. The molecule has 2 aromatic carbocycles. The molecule has 26 heavy (non-hydrogen) atoms. The third kappa shape index (κ3) is 2.98. The third-order valence-electron chi connectivity index (χ3n) is 3.87. The first-order valence-corrected chi connectivity index (χ1v) is 7.86. The van der Waals surface area contributed by atoms with Crippen molar-refractivity contribution in [3.05, 3.63) is 66.5 Å². The molecule has 0 atom stereocenters. The maximum absolute atomic E-state index is 12.7. The average molecular weight is 346 g/mol. The number of anilines is 1. The van der Waals surface area contributed by atoms with Gasteiger partial charge in [0.25, 0.3) is 11.8 Å². The monoisotopic (exact) mass is 346 g/mol. The first kappa shape index (κ1) is 15.8. The average Bonchev–Trinajstić information content (AvgIpc) is 3.16. The predicted molar refractivity (Wildman–Crippen MR) is 96.0 cm³/mol. The van der Waals surface area contributed by atoms with E-state index in [1.807, 2.05) is 30.3 Å². The zero-order valence-electron chi connectivity index (χ0n) is 13.8. The summed E-state index contributed by atoms with van der Waals surface area (Å²) in [7, 11) is 1.52. The van der Waals surface area contributed by atoms with E-state index in [4.69, 9.17) is 9.15 Å². The van der Waals surface area contributed by atoms with Crippen LogP contribution < -0.4 is 10.1 Å². The van der Waals surface area contributed by atoms with E-state index in [9.17, 15) is 4.79 Å². The normalized spacial score (nSPS) is 10.7. The highest BCUT2D eigenvalue weighted by Gasteiger charge is 2.17. The van der Waals surface area contributed by atoms with Crippen molar-refractivity contribution in [3.63, 3.8) is 0 Å². The number of ether oxygens (including phenoxy) is 1. The van der Waals surface area contributed by atoms with Gasteiger partial charge in [0.2, 0.25) is 0 Å². The fraction of sp³-hybridized carbons (Fsp3) is 0.0526. The number of carbonyl (C=O) groups excluding carboxylic acids is 1. The van der Waals surface area contributed by atoms with Gasteiger partial charge in [0.1, 0.15) is 5.75 Å². The molecule has 0 fully saturated rings. The van der Waals surface area contributed by atoms with Gasteiger partial charge in [-0.1, -0.05) is 29.4 Å². The number of methoxy groups -OCH3 is 1. The van der Waals surface area contributed by atoms with E-state index in [-0.39, 0.29) is 11.9 Å². The molecule has 1 amide bonds. The molecule has 0 aliphatic heterocycles. The summed E-state index contributed by atoms with van der Waals surface area (Å²) in [5, 5.41) is 12.3. The minimum atomic E-state index is -0.394. The van der Waals surface area contributed by atoms with Gasteiger partial charge in [-0.2, -0.15) is 0 Å². The topological polar surface area (TPSA) is 90.1 Å². The lowest BCUT2D eigenvalue weighted by atomic mass is 10.1. The second-order valence-corrected chi connectivity index (χ2v) is 5.51. The molecule has 0 unspecified atom stereocenters. The van der Waals surface area contributed by atoms with Gasteiger partial charge >= 0.3 is 6.01 Å². The number of rotatable bonds is 4. The van der Waals surface area contributed by atoms with Gasteiger partial charge in [-0.05, 0) is 35.0 Å². The van der Waals surface area contributed by atoms with Crippen molar-refractivity contribution in [1.82, 2.24) is 15.2 Å². The highest BCUT2D eigenvalue weighted by molar-refractivity contribution is 6.07. The number of fused-ring (bicyclic) bond motifs is 1. The van der Waals surface area contributed by atoms with Gasteiger partial charge < -0.3 is 9.15 Å². The number of benzene rings is 2. The van der Waals surface area contributed by atoms with Crippen molar-refractivity contribution in [3.8, 4) is 17.2 Å². The smallest absolute Gasteiger partial charge is 0.322 e. The largest absolute Gasteiger partial charge is 0.496 e. The van der Waals surface area contributed by atoms with Crippen LogP contribution in [0.5, 0.6) is 5.75 Å². The van der Waals surface area contributed by atoms with Gasteiger partial charge in [0.15, 0.2) is 0 Å². The molecule has 2 heterocycles. The molecule has 128 valence electrons. The summed E-state index contributed by atoms with van der Waals surface area (Å²) >= 11 is 0. The second-order valence-electron chi connectivity index (χ2n) is 5.51. The number of carbonyl (C=O) groups is 1. The van der Waals surface area contributed by atoms with Gasteiger partial charge in [-0.15, -0.1) is 5.10 Å². The van der Waals surface area contributed by atoms with E-state index in [0.717, 1.165) is 10.8 Å². The minimum Gasteiger partial charge on any atom is -0.496 e. The van der Waals surface area contributed by atoms with E-state index in [0.29, 0.717) is 16.9 Å². The molecule has 4 rings (SSSR count). The minimum absolute atomic E-state index is 0.00376. The standard InChI is InChI=1S/C19H14N4O3/c1-25-16-10-13-6-3-2-5-12(13)9-15(16)17(24)21-19-23-22-18(26-19)14-7-4-8-20-11-14/h2-11H,1H3,(H,21,23,24). The summed E-state index contributed by atoms with van der Waals surface area (Å²) in [5.74, 6) is 0.348. The van der Waals surface area contributed by atoms with Crippen molar-refractivity contribution >= 4 is 22.7 Å². The Hall–Kier alpha value is -3.74. The lowest BCUT2D eigenvalue weighted by molar-refractivity contribution is 0.102. The second kappa shape index (κ2) is 6.64. The molecule has 0 aliphatic carbocycles. The molecule has 0 spiro atoms. The maximum atomic E-state index is 12.7. The van der Waals surface area contributed by atoms with Crippen LogP contribution in [0.2, 0.25) is 0 Å². The van der Waals surface area contributed by atoms with Crippen LogP contribution in [0.4, 0.5) is 6.01 Å². The quantitative estimate of drug-likeness (QED) is 0.608. The zero-order valence-corrected chi connectivity index (χ0v) is 13.8. The van der Waals surface area contributed by atoms with E-state index in [1.54, 1.807) is 30.6 Å². The molecule has 0 radical (unpaired) electrons. The molecule has 7 heteroatoms. The number of aromatic nitrogens is 3. The molecule has 0 saturated heterocycles. The van der Waals surface area contributed by atoms with Crippen LogP contribution in [0, 0.1) is 0 Å². The van der Waals surface area contributed by atoms with Crippen molar-refractivity contribution in [2.45, 2.75) is 0 Å². The van der Waals surface area contributed by atoms with Crippen molar-refractivity contribution < 1.29 is 13.9 Å². The van der Waals surface area contributed by atoms with Gasteiger partial charge in [0, 0.05) is 12.4 Å². The van der Waals surface area contributed by atoms with E-state index in [2.05, 4.69) is 20.5 Å². The molecule has 0 aliphatic rings. The number of hydrogen-bond acceptors (Lipinski definition) is 6. The highest BCUT2D eigenvalue weighted by Crippen LogP contribution is 2.27. The van der Waals surface area contributed by atoms with Gasteiger partial charge in [0.05, 0.1) is 18.2 Å². The van der Waals surface area contributed by atoms with Crippen LogP contribution in [0.25, 0.3) is 22.2 Å². The van der Waals surface area contributed by atoms with Crippen LogP contribution in [0.3, 0.4) is 0 Å². The Morgan fingerprint density at radius 1 is 1.08 bits per heavy atom. The summed E-state index contributed by atoms with van der Waals surface area (Å²) < 4.78 is 10.8. The Bertz CT molecular complexity index is 1080. The van der Waals surface area contributed by atoms with Crippen molar-refractivity contribution in [2.24, 2.45) is 0 Å². The van der Waals surface area contributed by atoms with Gasteiger partial charge in [-0.25, -0.2) is 0 Å². The van der Waals surface area contributed by atoms with Crippen LogP contribution in [-0.4, -0.2) is 28.2 Å². The summed E-state index contributed by atoms with van der Waals surface area (Å²) in [6.07, 6.45) is 3.25. The highest BCUT2D eigenvalue weighted by atomic mass is 16.5. The number of pyridine rings is 1. The van der Waals surface area contributed by atoms with E-state index < -0.39 is 5.91 Å². The Kier molecular flexibility index (Phi) is 4.03. The fourth-order valence-corrected chi connectivity index (χ4v) is 2.61. The summed E-state index contributed by atoms with van der Waals surface area (Å²) in [5.41, 5.74) is 1.05. The molecule has 0 bridgehead atoms. The fourth-order valence-electron chi connectivity index (χ4n) is 2.61. The Morgan fingerprint density at radius 2 is 1.88 bits per heavy atom. The van der Waals surface area contributed by atoms with Crippen molar-refractivity contribution in [1.29, 1.82) is 0 Å². The summed E-state index contributed by atoms with van der Waals surface area (Å²) in [6, 6.07) is 14.9. The maximum Gasteiger partial charge on any atom is 0.322 e. The number of amides is 1. The Balaban J connectivity index is 1.62. The summed E-state index contributed by atoms with van der Waals surface area (Å²) in [4.78, 5) is 16.7. The van der Waals surface area contributed by atoms with Crippen LogP contribution in [0.1, 0.15) is 10.4 Å². The van der Waals surface area contributed by atoms with Crippen LogP contribution >= 0.6 is 0 Å². The first-order chi connectivity index (χ1) is 12.7. The number of hydrogen-bond donors (Lipinski definition) is 1. The van der Waals surface area contributed by atoms with Crippen LogP contribution in [-0.2, 0) is 0 Å². The third-order valence-corrected chi connectivity index (χ3v) is 3.87. The summed E-state index contributed by atoms with van der Waals surface area (Å²) in [6.45, 7) is 0. The van der Waals surface area contributed by atoms with Crippen LogP contribution in [0.15, 0.2) is 65.3 Å². The molecular formula is C19H14N4O3. The predicted octanol–water partition coefficient (Wildman–Crippen LogP) is 3.55. The number of nitrogens with one attached hydrogen (secondary N) is 1. The first-order valence-electron chi connectivity index (χ1n) is 7.86. The van der Waals surface area contributed by atoms with Crippen molar-refractivity contribution in [2.75, 3.05) is 12.4 Å². The van der Waals surface area contributed by atoms with Gasteiger partial charge in [-0.3, -0.25) is 15.1 Å². The van der Waals surface area contributed by atoms with E-state index >= 15 is 0 Å². The molecule has 2 aromatic heterocycles. The molecule has 7 nitrogen and oxygen atoms in total. The molecule has 1 N–H and O–H groups in total. The van der Waals surface area contributed by atoms with E-state index in [1.165, 1.54) is 7.11 Å². The lowest BCUT2D eigenvalue weighted by Gasteiger charge is -2.09. The Morgan fingerprint density at radius 3 is 2.62 bits per heavy atom. The molecular weight excluding hydrogens is 332 g/mol. The lowest BCUT2D eigenvalue weighted by Crippen LogP contribution is -2.13.